The van der Waals surface area contributed by atoms with E-state index in [0.717, 1.165) is 25.7 Å². The van der Waals surface area contributed by atoms with Gasteiger partial charge in [0.25, 0.3) is 5.91 Å². The smallest absolute Gasteiger partial charge is 0.325 e. The van der Waals surface area contributed by atoms with E-state index < -0.39 is 0 Å². The zero-order valence-corrected chi connectivity index (χ0v) is 13.4. The Kier molecular flexibility index (Phi) is 4.87. The van der Waals surface area contributed by atoms with Gasteiger partial charge in [-0.2, -0.15) is 0 Å². The number of rotatable bonds is 4. The molecule has 7 heteroatoms. The van der Waals surface area contributed by atoms with E-state index in [4.69, 9.17) is 0 Å². The minimum absolute atomic E-state index is 0.176. The quantitative estimate of drug-likeness (QED) is 0.803. The Labute approximate surface area is 138 Å². The summed E-state index contributed by atoms with van der Waals surface area (Å²) < 4.78 is 0. The van der Waals surface area contributed by atoms with Crippen LogP contribution in [0.15, 0.2) is 35.7 Å². The van der Waals surface area contributed by atoms with Gasteiger partial charge in [-0.1, -0.05) is 31.0 Å². The molecule has 3 amide bonds. The molecular weight excluding hydrogens is 312 g/mol. The fraction of sp³-hybridized carbons (Fsp3) is 0.312. The Bertz CT molecular complexity index is 680. The molecule has 1 aromatic heterocycles. The molecule has 0 unspecified atom stereocenters. The minimum Gasteiger partial charge on any atom is -0.348 e. The Morgan fingerprint density at radius 1 is 1.09 bits per heavy atom. The summed E-state index contributed by atoms with van der Waals surface area (Å²) in [4.78, 5) is 28.1. The summed E-state index contributed by atoms with van der Waals surface area (Å²) in [5, 5.41) is 10.4. The topological polar surface area (TPSA) is 83.1 Å². The highest BCUT2D eigenvalue weighted by molar-refractivity contribution is 7.14. The maximum absolute atomic E-state index is 12.1. The number of hydrogen-bond donors (Lipinski definition) is 3. The maximum Gasteiger partial charge on any atom is 0.325 e. The summed E-state index contributed by atoms with van der Waals surface area (Å²) in [6.45, 7) is 0. The number of benzene rings is 1. The molecule has 1 heterocycles. The van der Waals surface area contributed by atoms with E-state index in [9.17, 15) is 9.59 Å². The highest BCUT2D eigenvalue weighted by atomic mass is 32.1. The van der Waals surface area contributed by atoms with Crippen molar-refractivity contribution in [1.29, 1.82) is 0 Å². The second-order valence-corrected chi connectivity index (χ2v) is 6.30. The summed E-state index contributed by atoms with van der Waals surface area (Å²) in [5.74, 6) is -0.176. The third-order valence-corrected chi connectivity index (χ3v) is 4.44. The Morgan fingerprint density at radius 2 is 1.83 bits per heavy atom. The van der Waals surface area contributed by atoms with Crippen LogP contribution in [0.25, 0.3) is 0 Å². The van der Waals surface area contributed by atoms with Crippen LogP contribution in [0, 0.1) is 0 Å². The molecule has 120 valence electrons. The molecule has 0 aliphatic heterocycles. The van der Waals surface area contributed by atoms with E-state index in [1.165, 1.54) is 11.3 Å². The lowest BCUT2D eigenvalue weighted by Gasteiger charge is -2.09. The average Bonchev–Trinajstić information content (AvgIpc) is 3.20. The number of nitrogens with one attached hydrogen (secondary N) is 3. The van der Waals surface area contributed by atoms with Crippen LogP contribution in [0.4, 0.5) is 15.6 Å². The van der Waals surface area contributed by atoms with Crippen molar-refractivity contribution < 1.29 is 9.59 Å². The number of hydrogen-bond acceptors (Lipinski definition) is 4. The first-order valence-electron chi connectivity index (χ1n) is 7.60. The Balaban J connectivity index is 1.54. The first kappa shape index (κ1) is 15.5. The normalized spacial score (nSPS) is 14.4. The van der Waals surface area contributed by atoms with Gasteiger partial charge in [-0.3, -0.25) is 10.1 Å². The zero-order valence-electron chi connectivity index (χ0n) is 12.5. The van der Waals surface area contributed by atoms with Crippen molar-refractivity contribution in [2.45, 2.75) is 31.7 Å². The summed E-state index contributed by atoms with van der Waals surface area (Å²) in [7, 11) is 0. The largest absolute Gasteiger partial charge is 0.348 e. The molecule has 1 aliphatic carbocycles. The van der Waals surface area contributed by atoms with Gasteiger partial charge in [0.2, 0.25) is 0 Å². The number of anilines is 2. The molecule has 0 atom stereocenters. The number of amides is 3. The summed E-state index contributed by atoms with van der Waals surface area (Å²) in [5.41, 5.74) is 1.04. The molecule has 2 aromatic rings. The van der Waals surface area contributed by atoms with Gasteiger partial charge in [0.15, 0.2) is 5.13 Å². The van der Waals surface area contributed by atoms with Crippen LogP contribution < -0.4 is 16.0 Å². The van der Waals surface area contributed by atoms with E-state index in [1.807, 2.05) is 18.2 Å². The molecule has 1 aliphatic rings. The zero-order chi connectivity index (χ0) is 16.1. The van der Waals surface area contributed by atoms with E-state index >= 15 is 0 Å². The molecule has 6 nitrogen and oxygen atoms in total. The van der Waals surface area contributed by atoms with Crippen LogP contribution >= 0.6 is 11.3 Å². The van der Waals surface area contributed by atoms with Crippen molar-refractivity contribution >= 4 is 34.1 Å². The van der Waals surface area contributed by atoms with Gasteiger partial charge in [-0.25, -0.2) is 9.78 Å². The molecule has 0 saturated heterocycles. The highest BCUT2D eigenvalue weighted by Gasteiger charge is 2.19. The number of carbonyl (C=O) groups excluding carboxylic acids is 2. The number of aromatic nitrogens is 1. The van der Waals surface area contributed by atoms with Gasteiger partial charge in [0, 0.05) is 17.1 Å². The summed E-state index contributed by atoms with van der Waals surface area (Å²) in [6.07, 6.45) is 4.38. The Hall–Kier alpha value is -2.41. The fourth-order valence-electron chi connectivity index (χ4n) is 2.55. The molecular formula is C16H18N4O2S. The van der Waals surface area contributed by atoms with Crippen molar-refractivity contribution in [2.75, 3.05) is 10.6 Å². The van der Waals surface area contributed by atoms with E-state index in [-0.39, 0.29) is 18.0 Å². The number of thiazole rings is 1. The second-order valence-electron chi connectivity index (χ2n) is 5.44. The SMILES string of the molecule is O=C(Nc1ccccc1)Nc1nc(C(=O)NC2CCCC2)cs1. The van der Waals surface area contributed by atoms with Crippen molar-refractivity contribution in [3.63, 3.8) is 0 Å². The highest BCUT2D eigenvalue weighted by Crippen LogP contribution is 2.20. The first-order chi connectivity index (χ1) is 11.2. The Morgan fingerprint density at radius 3 is 2.57 bits per heavy atom. The van der Waals surface area contributed by atoms with Crippen molar-refractivity contribution in [3.8, 4) is 0 Å². The van der Waals surface area contributed by atoms with Crippen molar-refractivity contribution in [3.05, 3.63) is 41.4 Å². The monoisotopic (exact) mass is 330 g/mol. The predicted molar refractivity (Wildman–Crippen MR) is 90.9 cm³/mol. The number of para-hydroxylation sites is 1. The molecule has 0 radical (unpaired) electrons. The third-order valence-electron chi connectivity index (χ3n) is 3.68. The van der Waals surface area contributed by atoms with Gasteiger partial charge in [0.1, 0.15) is 5.69 Å². The molecule has 0 spiro atoms. The number of nitrogens with zero attached hydrogens (tertiary/aromatic N) is 1. The van der Waals surface area contributed by atoms with E-state index in [0.29, 0.717) is 16.5 Å². The fourth-order valence-corrected chi connectivity index (χ4v) is 3.23. The lowest BCUT2D eigenvalue weighted by Crippen LogP contribution is -2.32. The van der Waals surface area contributed by atoms with Crippen LogP contribution in [-0.2, 0) is 0 Å². The molecule has 1 fully saturated rings. The lowest BCUT2D eigenvalue weighted by molar-refractivity contribution is 0.0933. The number of carbonyl (C=O) groups is 2. The molecule has 23 heavy (non-hydrogen) atoms. The van der Waals surface area contributed by atoms with Crippen LogP contribution in [0.1, 0.15) is 36.2 Å². The summed E-state index contributed by atoms with van der Waals surface area (Å²) >= 11 is 1.23. The molecule has 0 bridgehead atoms. The number of urea groups is 1. The third kappa shape index (κ3) is 4.29. The minimum atomic E-state index is -0.381. The average molecular weight is 330 g/mol. The van der Waals surface area contributed by atoms with Gasteiger partial charge < -0.3 is 10.6 Å². The maximum atomic E-state index is 12.1. The van der Waals surface area contributed by atoms with Crippen molar-refractivity contribution in [2.24, 2.45) is 0 Å². The summed E-state index contributed by atoms with van der Waals surface area (Å²) in [6, 6.07) is 9.01. The standard InChI is InChI=1S/C16H18N4O2S/c21-14(17-11-8-4-5-9-11)13-10-23-16(19-13)20-15(22)18-12-6-2-1-3-7-12/h1-3,6-7,10-11H,4-5,8-9H2,(H,17,21)(H2,18,19,20,22). The van der Waals surface area contributed by atoms with Crippen LogP contribution in [0.5, 0.6) is 0 Å². The van der Waals surface area contributed by atoms with Gasteiger partial charge in [-0.15, -0.1) is 11.3 Å². The molecule has 3 N–H and O–H groups in total. The van der Waals surface area contributed by atoms with Crippen molar-refractivity contribution in [1.82, 2.24) is 10.3 Å². The van der Waals surface area contributed by atoms with Gasteiger partial charge >= 0.3 is 6.03 Å². The molecule has 1 aromatic carbocycles. The molecule has 1 saturated carbocycles. The predicted octanol–water partition coefficient (Wildman–Crippen LogP) is 3.46. The molecule has 3 rings (SSSR count). The second kappa shape index (κ2) is 7.23. The first-order valence-corrected chi connectivity index (χ1v) is 8.48. The van der Waals surface area contributed by atoms with E-state index in [1.54, 1.807) is 17.5 Å². The van der Waals surface area contributed by atoms with Crippen LogP contribution in [0.2, 0.25) is 0 Å². The lowest BCUT2D eigenvalue weighted by atomic mass is 10.2. The van der Waals surface area contributed by atoms with E-state index in [2.05, 4.69) is 20.9 Å². The van der Waals surface area contributed by atoms with Gasteiger partial charge in [-0.05, 0) is 25.0 Å². The van der Waals surface area contributed by atoms with Crippen LogP contribution in [-0.4, -0.2) is 23.0 Å². The van der Waals surface area contributed by atoms with Gasteiger partial charge in [0.05, 0.1) is 0 Å². The van der Waals surface area contributed by atoms with Crippen LogP contribution in [0.3, 0.4) is 0 Å².